The lowest BCUT2D eigenvalue weighted by molar-refractivity contribution is -0.137. The second-order valence-corrected chi connectivity index (χ2v) is 4.34. The van der Waals surface area contributed by atoms with E-state index in [2.05, 4.69) is 4.98 Å². The molecule has 1 saturated heterocycles. The molecule has 2 heterocycles. The molecule has 0 radical (unpaired) electrons. The highest BCUT2D eigenvalue weighted by Gasteiger charge is 2.38. The molecule has 1 aromatic heterocycles. The first kappa shape index (κ1) is 12.5. The van der Waals surface area contributed by atoms with Gasteiger partial charge in [-0.2, -0.15) is 0 Å². The van der Waals surface area contributed by atoms with Crippen molar-refractivity contribution in [3.8, 4) is 0 Å². The number of amides is 2. The van der Waals surface area contributed by atoms with Gasteiger partial charge < -0.3 is 15.1 Å². The largest absolute Gasteiger partial charge is 0.445 e. The summed E-state index contributed by atoms with van der Waals surface area (Å²) < 4.78 is 18.4. The van der Waals surface area contributed by atoms with Crippen molar-refractivity contribution < 1.29 is 18.4 Å². The topological polar surface area (TPSA) is 89.4 Å². The Morgan fingerprint density at radius 1 is 1.67 bits per heavy atom. The van der Waals surface area contributed by atoms with Crippen molar-refractivity contribution in [1.82, 2.24) is 9.88 Å². The van der Waals surface area contributed by atoms with Crippen LogP contribution in [-0.4, -0.2) is 40.5 Å². The first-order valence-electron chi connectivity index (χ1n) is 5.61. The Balaban J connectivity index is 2.06. The maximum Gasteiger partial charge on any atom is 0.240 e. The Bertz CT molecular complexity index is 474. The highest BCUT2D eigenvalue weighted by Crippen LogP contribution is 2.21. The first-order valence-corrected chi connectivity index (χ1v) is 5.61. The molecule has 0 aromatic carbocycles. The lowest BCUT2D eigenvalue weighted by Gasteiger charge is -2.20. The van der Waals surface area contributed by atoms with Crippen LogP contribution in [0.15, 0.2) is 10.6 Å². The van der Waals surface area contributed by atoms with E-state index in [-0.39, 0.29) is 25.3 Å². The Morgan fingerprint density at radius 3 is 2.94 bits per heavy atom. The second-order valence-electron chi connectivity index (χ2n) is 4.34. The average Bonchev–Trinajstić information content (AvgIpc) is 2.85. The van der Waals surface area contributed by atoms with Crippen molar-refractivity contribution in [2.75, 3.05) is 6.54 Å². The number of alkyl halides is 1. The zero-order valence-corrected chi connectivity index (χ0v) is 9.93. The zero-order valence-electron chi connectivity index (χ0n) is 9.93. The van der Waals surface area contributed by atoms with E-state index in [1.54, 1.807) is 6.92 Å². The number of oxazole rings is 1. The smallest absolute Gasteiger partial charge is 0.240 e. The van der Waals surface area contributed by atoms with Crippen LogP contribution in [0.5, 0.6) is 0 Å². The third-order valence-electron chi connectivity index (χ3n) is 2.87. The minimum absolute atomic E-state index is 0.0360. The minimum atomic E-state index is -1.21. The predicted molar refractivity (Wildman–Crippen MR) is 59.2 cm³/mol. The van der Waals surface area contributed by atoms with E-state index in [9.17, 15) is 14.0 Å². The molecule has 2 atom stereocenters. The van der Waals surface area contributed by atoms with Gasteiger partial charge in [-0.25, -0.2) is 9.37 Å². The fourth-order valence-electron chi connectivity index (χ4n) is 2.04. The van der Waals surface area contributed by atoms with E-state index in [1.165, 1.54) is 6.20 Å². The number of hydrogen-bond donors (Lipinski definition) is 1. The molecule has 1 aliphatic heterocycles. The number of aryl methyl sites for hydroxylation is 1. The third-order valence-corrected chi connectivity index (χ3v) is 2.87. The summed E-state index contributed by atoms with van der Waals surface area (Å²) in [6.07, 6.45) is 0.157. The fourth-order valence-corrected chi connectivity index (χ4v) is 2.04. The zero-order chi connectivity index (χ0) is 13.3. The molecule has 2 N–H and O–H groups in total. The van der Waals surface area contributed by atoms with Crippen LogP contribution in [0.1, 0.15) is 18.1 Å². The number of nitrogens with zero attached hydrogens (tertiary/aromatic N) is 2. The Hall–Kier alpha value is -1.92. The summed E-state index contributed by atoms with van der Waals surface area (Å²) in [5.74, 6) is -0.245. The van der Waals surface area contributed by atoms with E-state index in [0.717, 1.165) is 4.90 Å². The van der Waals surface area contributed by atoms with Crippen LogP contribution in [0.25, 0.3) is 0 Å². The fraction of sp³-hybridized carbons (Fsp3) is 0.545. The molecule has 2 unspecified atom stereocenters. The Labute approximate surface area is 103 Å². The average molecular weight is 255 g/mol. The van der Waals surface area contributed by atoms with Crippen LogP contribution in [0.2, 0.25) is 0 Å². The van der Waals surface area contributed by atoms with Crippen molar-refractivity contribution >= 4 is 11.8 Å². The van der Waals surface area contributed by atoms with Crippen LogP contribution in [0, 0.1) is 6.92 Å². The number of rotatable bonds is 3. The van der Waals surface area contributed by atoms with Crippen LogP contribution < -0.4 is 5.73 Å². The molecule has 7 heteroatoms. The van der Waals surface area contributed by atoms with Gasteiger partial charge in [0.2, 0.25) is 17.7 Å². The molecular formula is C11H14FN3O3. The predicted octanol–water partition coefficient (Wildman–Crippen LogP) is -0.0502. The lowest BCUT2D eigenvalue weighted by Crippen LogP contribution is -2.44. The molecule has 6 nitrogen and oxygen atoms in total. The molecule has 98 valence electrons. The van der Waals surface area contributed by atoms with Crippen LogP contribution in [-0.2, 0) is 16.0 Å². The first-order chi connectivity index (χ1) is 8.47. The monoisotopic (exact) mass is 255 g/mol. The van der Waals surface area contributed by atoms with Gasteiger partial charge in [0.1, 0.15) is 24.4 Å². The summed E-state index contributed by atoms with van der Waals surface area (Å²) in [7, 11) is 0. The van der Waals surface area contributed by atoms with Gasteiger partial charge in [0.25, 0.3) is 0 Å². The number of hydrogen-bond acceptors (Lipinski definition) is 4. The summed E-state index contributed by atoms with van der Waals surface area (Å²) >= 11 is 0. The molecule has 18 heavy (non-hydrogen) atoms. The van der Waals surface area contributed by atoms with Gasteiger partial charge in [-0.05, 0) is 6.92 Å². The van der Waals surface area contributed by atoms with Gasteiger partial charge in [0.05, 0.1) is 12.7 Å². The number of primary amides is 1. The number of likely N-dealkylation sites (tertiary alicyclic amines) is 1. The van der Waals surface area contributed by atoms with Gasteiger partial charge in [0, 0.05) is 6.42 Å². The van der Waals surface area contributed by atoms with Gasteiger partial charge in [-0.3, -0.25) is 9.59 Å². The van der Waals surface area contributed by atoms with Gasteiger partial charge in [-0.1, -0.05) is 0 Å². The molecule has 0 spiro atoms. The molecule has 0 saturated carbocycles. The summed E-state index contributed by atoms with van der Waals surface area (Å²) in [4.78, 5) is 28.1. The standard InChI is InChI=1S/C11H14FN3O3/c1-6-4-14-9(18-6)3-10(16)15-5-7(12)2-8(15)11(13)17/h4,7-8H,2-3,5H2,1H3,(H2,13,17). The molecule has 1 aliphatic rings. The van der Waals surface area contributed by atoms with E-state index < -0.39 is 24.0 Å². The summed E-state index contributed by atoms with van der Waals surface area (Å²) in [6.45, 7) is 1.60. The van der Waals surface area contributed by atoms with Crippen LogP contribution >= 0.6 is 0 Å². The molecule has 1 fully saturated rings. The van der Waals surface area contributed by atoms with Crippen molar-refractivity contribution in [3.05, 3.63) is 17.8 Å². The number of carbonyl (C=O) groups is 2. The van der Waals surface area contributed by atoms with Crippen molar-refractivity contribution in [1.29, 1.82) is 0 Å². The minimum Gasteiger partial charge on any atom is -0.445 e. The Kier molecular flexibility index (Phi) is 3.31. The van der Waals surface area contributed by atoms with E-state index in [1.807, 2.05) is 0 Å². The van der Waals surface area contributed by atoms with Gasteiger partial charge >= 0.3 is 0 Å². The van der Waals surface area contributed by atoms with E-state index >= 15 is 0 Å². The normalized spacial score (nSPS) is 23.3. The van der Waals surface area contributed by atoms with Gasteiger partial charge in [0.15, 0.2) is 0 Å². The highest BCUT2D eigenvalue weighted by atomic mass is 19.1. The number of carbonyl (C=O) groups excluding carboxylic acids is 2. The van der Waals surface area contributed by atoms with Crippen molar-refractivity contribution in [2.24, 2.45) is 5.73 Å². The van der Waals surface area contributed by atoms with E-state index in [4.69, 9.17) is 10.2 Å². The quantitative estimate of drug-likeness (QED) is 0.820. The molecule has 1 aromatic rings. The molecule has 0 aliphatic carbocycles. The maximum absolute atomic E-state index is 13.2. The molecular weight excluding hydrogens is 241 g/mol. The Morgan fingerprint density at radius 2 is 2.39 bits per heavy atom. The summed E-state index contributed by atoms with van der Waals surface area (Å²) in [5.41, 5.74) is 5.15. The lowest BCUT2D eigenvalue weighted by atomic mass is 10.2. The van der Waals surface area contributed by atoms with Crippen LogP contribution in [0.3, 0.4) is 0 Å². The molecule has 0 bridgehead atoms. The third kappa shape index (κ3) is 2.49. The summed E-state index contributed by atoms with van der Waals surface area (Å²) in [5, 5.41) is 0. The SMILES string of the molecule is Cc1cnc(CC(=O)N2CC(F)CC2C(N)=O)o1. The second kappa shape index (κ2) is 4.75. The van der Waals surface area contributed by atoms with Gasteiger partial charge in [-0.15, -0.1) is 0 Å². The molecule has 2 amide bonds. The molecule has 2 rings (SSSR count). The highest BCUT2D eigenvalue weighted by molar-refractivity contribution is 5.87. The number of aromatic nitrogens is 1. The van der Waals surface area contributed by atoms with Crippen molar-refractivity contribution in [3.63, 3.8) is 0 Å². The van der Waals surface area contributed by atoms with E-state index in [0.29, 0.717) is 5.76 Å². The maximum atomic E-state index is 13.2. The number of nitrogens with two attached hydrogens (primary N) is 1. The van der Waals surface area contributed by atoms with Crippen LogP contribution in [0.4, 0.5) is 4.39 Å². The summed E-state index contributed by atoms with van der Waals surface area (Å²) in [6, 6.07) is -0.872. The van der Waals surface area contributed by atoms with Crippen molar-refractivity contribution in [2.45, 2.75) is 32.0 Å². The number of halogens is 1.